The maximum absolute atomic E-state index is 8.51. The van der Waals surface area contributed by atoms with E-state index in [0.29, 0.717) is 0 Å². The molecule has 0 saturated carbocycles. The van der Waals surface area contributed by atoms with Crippen molar-refractivity contribution in [3.05, 3.63) is 5.21 Å². The van der Waals surface area contributed by atoms with Crippen LogP contribution in [0.5, 0.6) is 0 Å². The molecule has 0 spiro atoms. The van der Waals surface area contributed by atoms with Crippen LogP contribution in [0.25, 0.3) is 0 Å². The minimum atomic E-state index is 0. The van der Waals surface area contributed by atoms with Crippen molar-refractivity contribution < 1.29 is 27.6 Å². The fourth-order valence-corrected chi connectivity index (χ4v) is 0. The Morgan fingerprint density at radius 3 is 1.80 bits per heavy atom. The number of nitrogens with zero attached hydrogens (tertiary/aromatic N) is 2. The quantitative estimate of drug-likeness (QED) is 0.322. The molecule has 0 aromatic rings. The molecule has 1 N–H and O–H groups in total. The van der Waals surface area contributed by atoms with Crippen LogP contribution in [0.15, 0.2) is 10.6 Å². The summed E-state index contributed by atoms with van der Waals surface area (Å²) in [5.74, 6) is 0. The van der Waals surface area contributed by atoms with E-state index < -0.39 is 0 Å². The van der Waals surface area contributed by atoms with Crippen molar-refractivity contribution in [2.75, 3.05) is 0 Å². The molecule has 0 amide bonds. The molecular formula is HAgN2O2. The third-order valence-electron chi connectivity index (χ3n) is 0.0365. The van der Waals surface area contributed by atoms with Crippen LogP contribution >= 0.6 is 0 Å². The largest absolute Gasteiger partial charge is 1.00 e. The zero-order valence-electron chi connectivity index (χ0n) is 2.05. The van der Waals surface area contributed by atoms with Crippen molar-refractivity contribution in [1.82, 2.24) is 0 Å². The van der Waals surface area contributed by atoms with Crippen LogP contribution in [0.3, 0.4) is 0 Å². The topological polar surface area (TPSA) is 68.0 Å². The van der Waals surface area contributed by atoms with Gasteiger partial charge in [-0.2, -0.15) is 5.28 Å². The van der Waals surface area contributed by atoms with E-state index in [1.807, 2.05) is 0 Å². The third kappa shape index (κ3) is 16.8. The predicted octanol–water partition coefficient (Wildman–Crippen LogP) is 0.323. The molecule has 0 aliphatic carbocycles. The minimum Gasteiger partial charge on any atom is -0.773 e. The summed E-state index contributed by atoms with van der Waals surface area (Å²) in [7, 11) is 0. The molecule has 0 heterocycles. The van der Waals surface area contributed by atoms with Crippen LogP contribution in [-0.2, 0) is 22.4 Å². The Hall–Kier alpha value is -0.0597. The van der Waals surface area contributed by atoms with Gasteiger partial charge in [0.25, 0.3) is 0 Å². The first kappa shape index (κ1) is 8.87. The van der Waals surface area contributed by atoms with Crippen LogP contribution in [0.2, 0.25) is 0 Å². The monoisotopic (exact) mass is 168 g/mol. The minimum absolute atomic E-state index is 0. The molecule has 0 fully saturated rings. The molecule has 5 heteroatoms. The van der Waals surface area contributed by atoms with Gasteiger partial charge in [0.05, 0.1) is 0 Å². The number of hydrogen-bond donors (Lipinski definition) is 1. The molecule has 0 aliphatic heterocycles. The normalized spacial score (nSPS) is 7.20. The van der Waals surface area contributed by atoms with Gasteiger partial charge in [0, 0.05) is 5.28 Å². The molecule has 5 heavy (non-hydrogen) atoms. The number of rotatable bonds is 0. The Balaban J connectivity index is 0. The van der Waals surface area contributed by atoms with Gasteiger partial charge < -0.3 is 10.4 Å². The standard InChI is InChI=1S/Ag.H2N2O2/c;3-1-2-4/h;(H,1,4)(H,2,3)/q+1;/p-1. The third-order valence-corrected chi connectivity index (χ3v) is 0.0365. The molecule has 0 rings (SSSR count). The molecule has 0 aromatic carbocycles. The molecule has 0 radical (unpaired) electrons. The van der Waals surface area contributed by atoms with Gasteiger partial charge in [-0.1, -0.05) is 0 Å². The summed E-state index contributed by atoms with van der Waals surface area (Å²) in [5.41, 5.74) is 0. The van der Waals surface area contributed by atoms with Gasteiger partial charge in [-0.3, -0.25) is 0 Å². The van der Waals surface area contributed by atoms with Crippen LogP contribution in [-0.4, -0.2) is 5.21 Å². The number of hydrogen-bond acceptors (Lipinski definition) is 3. The molecule has 0 aliphatic rings. The zero-order chi connectivity index (χ0) is 3.41. The molecule has 0 unspecified atom stereocenters. The Morgan fingerprint density at radius 2 is 1.80 bits per heavy atom. The molecule has 0 aromatic heterocycles. The summed E-state index contributed by atoms with van der Waals surface area (Å²) < 4.78 is 0. The van der Waals surface area contributed by atoms with Crippen molar-refractivity contribution in [1.29, 1.82) is 0 Å². The van der Waals surface area contributed by atoms with E-state index in [4.69, 9.17) is 10.4 Å². The summed E-state index contributed by atoms with van der Waals surface area (Å²) in [6.45, 7) is 0. The SMILES string of the molecule is [Ag+].[O-]N=NO. The van der Waals surface area contributed by atoms with Crippen molar-refractivity contribution in [3.63, 3.8) is 0 Å². The molecular weight excluding hydrogens is 168 g/mol. The van der Waals surface area contributed by atoms with E-state index in [9.17, 15) is 0 Å². The van der Waals surface area contributed by atoms with Gasteiger partial charge in [0.1, 0.15) is 0 Å². The first-order valence-electron chi connectivity index (χ1n) is 0.583. The second-order valence-electron chi connectivity index (χ2n) is 0.171. The average Bonchev–Trinajstić information content (AvgIpc) is 1.37. The Morgan fingerprint density at radius 1 is 1.60 bits per heavy atom. The Bertz CT molecular complexity index is 22.8. The van der Waals surface area contributed by atoms with Gasteiger partial charge in [-0.05, 0) is 0 Å². The molecule has 4 nitrogen and oxygen atoms in total. The van der Waals surface area contributed by atoms with Crippen LogP contribution in [0, 0.1) is 5.21 Å². The van der Waals surface area contributed by atoms with Crippen molar-refractivity contribution in [2.24, 2.45) is 10.6 Å². The molecule has 0 saturated heterocycles. The van der Waals surface area contributed by atoms with Gasteiger partial charge in [-0.15, -0.1) is 0 Å². The van der Waals surface area contributed by atoms with Crippen LogP contribution in [0.1, 0.15) is 0 Å². The van der Waals surface area contributed by atoms with E-state index in [2.05, 4.69) is 0 Å². The Kier molecular flexibility index (Phi) is 16.1. The smallest absolute Gasteiger partial charge is 0.773 e. The van der Waals surface area contributed by atoms with Crippen molar-refractivity contribution >= 4 is 0 Å². The van der Waals surface area contributed by atoms with E-state index in [1.165, 1.54) is 0 Å². The fraction of sp³-hybridized carbons (Fsp3) is 0. The van der Waals surface area contributed by atoms with Crippen LogP contribution < -0.4 is 0 Å². The Labute approximate surface area is 44.0 Å². The van der Waals surface area contributed by atoms with E-state index >= 15 is 0 Å². The molecule has 0 atom stereocenters. The van der Waals surface area contributed by atoms with Gasteiger partial charge in [0.15, 0.2) is 0 Å². The first-order chi connectivity index (χ1) is 1.91. The molecule has 34 valence electrons. The van der Waals surface area contributed by atoms with Crippen molar-refractivity contribution in [3.8, 4) is 0 Å². The predicted molar refractivity (Wildman–Crippen MR) is 10.0 cm³/mol. The summed E-state index contributed by atoms with van der Waals surface area (Å²) in [5, 5.41) is 19.0. The van der Waals surface area contributed by atoms with Gasteiger partial charge in [0.2, 0.25) is 0 Å². The second kappa shape index (κ2) is 9.05. The first-order valence-corrected chi connectivity index (χ1v) is 0.583. The summed E-state index contributed by atoms with van der Waals surface area (Å²) in [6, 6.07) is 0. The van der Waals surface area contributed by atoms with Crippen molar-refractivity contribution in [2.45, 2.75) is 0 Å². The summed E-state index contributed by atoms with van der Waals surface area (Å²) in [6.07, 6.45) is 0. The summed E-state index contributed by atoms with van der Waals surface area (Å²) in [4.78, 5) is 0. The molecule has 0 bridgehead atoms. The van der Waals surface area contributed by atoms with Gasteiger partial charge >= 0.3 is 22.4 Å². The fourth-order valence-electron chi connectivity index (χ4n) is 0. The summed E-state index contributed by atoms with van der Waals surface area (Å²) >= 11 is 0. The maximum Gasteiger partial charge on any atom is 1.00 e. The maximum atomic E-state index is 8.51. The zero-order valence-corrected chi connectivity index (χ0v) is 3.53. The van der Waals surface area contributed by atoms with E-state index in [-0.39, 0.29) is 22.4 Å². The second-order valence-corrected chi connectivity index (χ2v) is 0.171. The van der Waals surface area contributed by atoms with Gasteiger partial charge in [-0.25, -0.2) is 0 Å². The van der Waals surface area contributed by atoms with E-state index in [0.717, 1.165) is 0 Å². The van der Waals surface area contributed by atoms with Crippen LogP contribution in [0.4, 0.5) is 0 Å². The van der Waals surface area contributed by atoms with E-state index in [1.54, 1.807) is 10.6 Å². The average molecular weight is 169 g/mol.